The summed E-state index contributed by atoms with van der Waals surface area (Å²) in [4.78, 5) is 4.38. The number of fused-ring (bicyclic) bond motifs is 1. The van der Waals surface area contributed by atoms with Gasteiger partial charge in [-0.25, -0.2) is 0 Å². The quantitative estimate of drug-likeness (QED) is 0.857. The summed E-state index contributed by atoms with van der Waals surface area (Å²) in [7, 11) is 0. The topological polar surface area (TPSA) is 48.1 Å². The number of pyridine rings is 1. The van der Waals surface area contributed by atoms with Crippen LogP contribution in [-0.2, 0) is 4.74 Å². The first-order valence-corrected chi connectivity index (χ1v) is 6.05. The highest BCUT2D eigenvalue weighted by Crippen LogP contribution is 2.36. The molecule has 1 aliphatic rings. The smallest absolute Gasteiger partial charge is 0.0873 e. The van der Waals surface area contributed by atoms with Crippen molar-refractivity contribution in [1.29, 1.82) is 0 Å². The Balaban J connectivity index is 2.10. The minimum atomic E-state index is 0.132. The van der Waals surface area contributed by atoms with Gasteiger partial charge in [0.1, 0.15) is 0 Å². The zero-order valence-corrected chi connectivity index (χ0v) is 9.67. The second-order valence-corrected chi connectivity index (χ2v) is 4.49. The molecule has 0 saturated carbocycles. The van der Waals surface area contributed by atoms with E-state index in [1.807, 2.05) is 24.4 Å². The first-order valence-electron chi connectivity index (χ1n) is 6.05. The number of hydrogen-bond acceptors (Lipinski definition) is 3. The molecule has 3 heteroatoms. The van der Waals surface area contributed by atoms with E-state index in [-0.39, 0.29) is 6.10 Å². The second-order valence-electron chi connectivity index (χ2n) is 4.49. The molecule has 0 bridgehead atoms. The number of benzene rings is 1. The van der Waals surface area contributed by atoms with Crippen LogP contribution in [0.3, 0.4) is 0 Å². The van der Waals surface area contributed by atoms with Gasteiger partial charge in [-0.2, -0.15) is 0 Å². The Labute approximate surface area is 101 Å². The minimum absolute atomic E-state index is 0.132. The lowest BCUT2D eigenvalue weighted by molar-refractivity contribution is 0.0936. The van der Waals surface area contributed by atoms with Crippen LogP contribution in [0.1, 0.15) is 18.1 Å². The predicted octanol–water partition coefficient (Wildman–Crippen LogP) is 2.27. The lowest BCUT2D eigenvalue weighted by Crippen LogP contribution is -2.18. The molecule has 88 valence electrons. The maximum Gasteiger partial charge on any atom is 0.0873 e. The maximum absolute atomic E-state index is 5.84. The van der Waals surface area contributed by atoms with Crippen molar-refractivity contribution in [1.82, 2.24) is 4.98 Å². The van der Waals surface area contributed by atoms with E-state index in [1.54, 1.807) is 0 Å². The summed E-state index contributed by atoms with van der Waals surface area (Å²) in [6, 6.07) is 10.2. The molecule has 1 fully saturated rings. The zero-order chi connectivity index (χ0) is 11.7. The van der Waals surface area contributed by atoms with E-state index in [1.165, 1.54) is 10.9 Å². The Morgan fingerprint density at radius 2 is 2.18 bits per heavy atom. The van der Waals surface area contributed by atoms with Crippen LogP contribution < -0.4 is 5.73 Å². The van der Waals surface area contributed by atoms with E-state index >= 15 is 0 Å². The van der Waals surface area contributed by atoms with E-state index in [9.17, 15) is 0 Å². The van der Waals surface area contributed by atoms with Crippen molar-refractivity contribution in [3.05, 3.63) is 42.1 Å². The molecule has 2 atom stereocenters. The molecule has 1 aromatic heterocycles. The molecule has 1 saturated heterocycles. The summed E-state index contributed by atoms with van der Waals surface area (Å²) >= 11 is 0. The van der Waals surface area contributed by atoms with Crippen molar-refractivity contribution in [2.24, 2.45) is 11.7 Å². The number of aromatic nitrogens is 1. The van der Waals surface area contributed by atoms with E-state index in [0.29, 0.717) is 12.5 Å². The molecule has 2 N–H and O–H groups in total. The second kappa shape index (κ2) is 4.43. The minimum Gasteiger partial charge on any atom is -0.373 e. The summed E-state index contributed by atoms with van der Waals surface area (Å²) in [5, 5.41) is 1.18. The molecule has 1 aromatic carbocycles. The van der Waals surface area contributed by atoms with Gasteiger partial charge in [0, 0.05) is 24.1 Å². The van der Waals surface area contributed by atoms with Gasteiger partial charge < -0.3 is 10.5 Å². The van der Waals surface area contributed by atoms with Crippen molar-refractivity contribution < 1.29 is 4.74 Å². The van der Waals surface area contributed by atoms with Gasteiger partial charge in [-0.1, -0.05) is 18.2 Å². The van der Waals surface area contributed by atoms with Crippen LogP contribution in [0.5, 0.6) is 0 Å². The Bertz CT molecular complexity index is 521. The van der Waals surface area contributed by atoms with Gasteiger partial charge in [0.25, 0.3) is 0 Å². The number of nitrogens with two attached hydrogens (primary N) is 1. The molecule has 0 spiro atoms. The molecule has 1 aliphatic heterocycles. The van der Waals surface area contributed by atoms with Crippen molar-refractivity contribution in [3.63, 3.8) is 0 Å². The number of ether oxygens (including phenoxy) is 1. The molecular weight excluding hydrogens is 212 g/mol. The van der Waals surface area contributed by atoms with Gasteiger partial charge in [-0.15, -0.1) is 0 Å². The number of nitrogens with zero attached hydrogens (tertiary/aromatic N) is 1. The average Bonchev–Trinajstić information content (AvgIpc) is 2.86. The summed E-state index contributed by atoms with van der Waals surface area (Å²) in [6.45, 7) is 1.49. The van der Waals surface area contributed by atoms with Gasteiger partial charge in [-0.05, 0) is 30.7 Å². The third-order valence-electron chi connectivity index (χ3n) is 3.51. The maximum atomic E-state index is 5.84. The molecule has 2 unspecified atom stereocenters. The first kappa shape index (κ1) is 10.7. The Hall–Kier alpha value is -1.45. The van der Waals surface area contributed by atoms with Gasteiger partial charge in [0.2, 0.25) is 0 Å². The van der Waals surface area contributed by atoms with Gasteiger partial charge in [0.15, 0.2) is 0 Å². The van der Waals surface area contributed by atoms with E-state index < -0.39 is 0 Å². The zero-order valence-electron chi connectivity index (χ0n) is 9.67. The highest BCUT2D eigenvalue weighted by molar-refractivity contribution is 5.82. The third-order valence-corrected chi connectivity index (χ3v) is 3.51. The summed E-state index contributed by atoms with van der Waals surface area (Å²) in [5.41, 5.74) is 8.06. The molecule has 0 radical (unpaired) electrons. The summed E-state index contributed by atoms with van der Waals surface area (Å²) in [6.07, 6.45) is 3.04. The fourth-order valence-corrected chi connectivity index (χ4v) is 2.59. The van der Waals surface area contributed by atoms with Crippen LogP contribution in [0, 0.1) is 5.92 Å². The lowest BCUT2D eigenvalue weighted by Gasteiger charge is -2.18. The van der Waals surface area contributed by atoms with Crippen LogP contribution in [-0.4, -0.2) is 18.1 Å². The van der Waals surface area contributed by atoms with Gasteiger partial charge >= 0.3 is 0 Å². The molecule has 0 aliphatic carbocycles. The number of hydrogen-bond donors (Lipinski definition) is 1. The monoisotopic (exact) mass is 228 g/mol. The van der Waals surface area contributed by atoms with Crippen molar-refractivity contribution >= 4 is 10.9 Å². The van der Waals surface area contributed by atoms with E-state index in [2.05, 4.69) is 17.1 Å². The highest BCUT2D eigenvalue weighted by Gasteiger charge is 2.29. The van der Waals surface area contributed by atoms with Gasteiger partial charge in [0.05, 0.1) is 11.6 Å². The van der Waals surface area contributed by atoms with Crippen LogP contribution in [0.25, 0.3) is 10.9 Å². The number of rotatable bonds is 2. The summed E-state index contributed by atoms with van der Waals surface area (Å²) < 4.78 is 5.84. The van der Waals surface area contributed by atoms with E-state index in [0.717, 1.165) is 18.5 Å². The third kappa shape index (κ3) is 1.81. The van der Waals surface area contributed by atoms with Crippen LogP contribution >= 0.6 is 0 Å². The Morgan fingerprint density at radius 3 is 3.06 bits per heavy atom. The predicted molar refractivity (Wildman–Crippen MR) is 67.6 cm³/mol. The van der Waals surface area contributed by atoms with E-state index in [4.69, 9.17) is 10.5 Å². The SMILES string of the molecule is NCC1CCOC1c1ccnc2ccccc12. The molecule has 3 nitrogen and oxygen atoms in total. The lowest BCUT2D eigenvalue weighted by atomic mass is 9.93. The number of para-hydroxylation sites is 1. The summed E-state index contributed by atoms with van der Waals surface area (Å²) in [5.74, 6) is 0.431. The molecule has 0 amide bonds. The fraction of sp³-hybridized carbons (Fsp3) is 0.357. The normalized spacial score (nSPS) is 24.3. The van der Waals surface area contributed by atoms with Crippen LogP contribution in [0.2, 0.25) is 0 Å². The van der Waals surface area contributed by atoms with Crippen molar-refractivity contribution in [3.8, 4) is 0 Å². The van der Waals surface area contributed by atoms with Crippen molar-refractivity contribution in [2.75, 3.05) is 13.2 Å². The molecule has 2 heterocycles. The molecule has 2 aromatic rings. The van der Waals surface area contributed by atoms with Crippen LogP contribution in [0.15, 0.2) is 36.5 Å². The van der Waals surface area contributed by atoms with Gasteiger partial charge in [-0.3, -0.25) is 4.98 Å². The molecule has 3 rings (SSSR count). The molecule has 17 heavy (non-hydrogen) atoms. The largest absolute Gasteiger partial charge is 0.373 e. The molecular formula is C14H16N2O. The van der Waals surface area contributed by atoms with Crippen molar-refractivity contribution in [2.45, 2.75) is 12.5 Å². The van der Waals surface area contributed by atoms with Crippen LogP contribution in [0.4, 0.5) is 0 Å². The average molecular weight is 228 g/mol. The first-order chi connectivity index (χ1) is 8.40. The Kier molecular flexibility index (Phi) is 2.79. The fourth-order valence-electron chi connectivity index (χ4n) is 2.59. The Morgan fingerprint density at radius 1 is 1.29 bits per heavy atom. The standard InChI is InChI=1S/C14H16N2O/c15-9-10-6-8-17-14(10)12-5-7-16-13-4-2-1-3-11(12)13/h1-5,7,10,14H,6,8-9,15H2. The highest BCUT2D eigenvalue weighted by atomic mass is 16.5.